The van der Waals surface area contributed by atoms with Gasteiger partial charge in [0, 0.05) is 6.04 Å². The molecule has 1 saturated carbocycles. The number of fused-ring (bicyclic) bond motifs is 3. The Kier molecular flexibility index (Phi) is 4.21. The number of nitrogens with one attached hydrogen (secondary N) is 2. The van der Waals surface area contributed by atoms with Crippen molar-refractivity contribution in [2.24, 2.45) is 5.92 Å². The van der Waals surface area contributed by atoms with Crippen LogP contribution in [0.25, 0.3) is 22.2 Å². The molecular weight excluding hydrogens is 385 g/mol. The van der Waals surface area contributed by atoms with E-state index in [1.807, 2.05) is 0 Å². The Balaban J connectivity index is 1.25. The molecule has 3 unspecified atom stereocenters. The molecule has 3 heterocycles. The van der Waals surface area contributed by atoms with Gasteiger partial charge in [-0.25, -0.2) is 4.98 Å². The highest BCUT2D eigenvalue weighted by Gasteiger charge is 2.51. The first kappa shape index (κ1) is 19.5. The van der Waals surface area contributed by atoms with Gasteiger partial charge in [-0.1, -0.05) is 30.3 Å². The Morgan fingerprint density at radius 3 is 2.29 bits per heavy atom. The molecule has 160 valence electrons. The number of piperidine rings is 1. The van der Waals surface area contributed by atoms with Crippen LogP contribution in [0.4, 0.5) is 0 Å². The average Bonchev–Trinajstić information content (AvgIpc) is 3.50. The van der Waals surface area contributed by atoms with Crippen LogP contribution in [0, 0.1) is 5.92 Å². The van der Waals surface area contributed by atoms with Crippen molar-refractivity contribution < 1.29 is 9.31 Å². The molecule has 2 bridgehead atoms. The van der Waals surface area contributed by atoms with Crippen molar-refractivity contribution >= 4 is 23.6 Å². The minimum absolute atomic E-state index is 0.326. The third kappa shape index (κ3) is 3.15. The van der Waals surface area contributed by atoms with Gasteiger partial charge in [-0.3, -0.25) is 0 Å². The fraction of sp³-hybridized carbons (Fsp3) is 0.480. The van der Waals surface area contributed by atoms with Crippen LogP contribution in [0.2, 0.25) is 0 Å². The molecule has 3 aliphatic rings. The normalized spacial score (nSPS) is 28.6. The predicted octanol–water partition coefficient (Wildman–Crippen LogP) is 4.34. The molecule has 0 spiro atoms. The van der Waals surface area contributed by atoms with Crippen molar-refractivity contribution in [2.75, 3.05) is 0 Å². The van der Waals surface area contributed by atoms with Gasteiger partial charge < -0.3 is 19.6 Å². The van der Waals surface area contributed by atoms with Crippen LogP contribution in [-0.4, -0.2) is 34.3 Å². The van der Waals surface area contributed by atoms with E-state index in [0.717, 1.165) is 28.2 Å². The summed E-state index contributed by atoms with van der Waals surface area (Å²) in [7, 11) is -0.328. The highest BCUT2D eigenvalue weighted by molar-refractivity contribution is 6.62. The summed E-state index contributed by atoms with van der Waals surface area (Å²) >= 11 is 0. The van der Waals surface area contributed by atoms with Gasteiger partial charge in [0.15, 0.2) is 0 Å². The van der Waals surface area contributed by atoms with E-state index in [9.17, 15) is 0 Å². The maximum atomic E-state index is 6.18. The van der Waals surface area contributed by atoms with E-state index in [4.69, 9.17) is 14.3 Å². The first-order valence-electron chi connectivity index (χ1n) is 11.5. The second kappa shape index (κ2) is 6.68. The molecule has 0 amide bonds. The van der Waals surface area contributed by atoms with Crippen molar-refractivity contribution in [1.82, 2.24) is 15.3 Å². The molecule has 2 aromatic carbocycles. The smallest absolute Gasteiger partial charge is 0.399 e. The van der Waals surface area contributed by atoms with Crippen molar-refractivity contribution in [1.29, 1.82) is 0 Å². The van der Waals surface area contributed by atoms with E-state index in [0.29, 0.717) is 12.1 Å². The number of H-pyrrole nitrogens is 1. The molecule has 0 radical (unpaired) electrons. The number of imidazole rings is 1. The van der Waals surface area contributed by atoms with Crippen molar-refractivity contribution in [3.63, 3.8) is 0 Å². The molecule has 31 heavy (non-hydrogen) atoms. The van der Waals surface area contributed by atoms with Crippen molar-refractivity contribution in [2.45, 2.75) is 70.2 Å². The molecule has 3 fully saturated rings. The Morgan fingerprint density at radius 2 is 1.65 bits per heavy atom. The Hall–Kier alpha value is -2.15. The first-order valence-corrected chi connectivity index (χ1v) is 11.5. The van der Waals surface area contributed by atoms with Gasteiger partial charge in [0.05, 0.1) is 28.3 Å². The van der Waals surface area contributed by atoms with Crippen LogP contribution >= 0.6 is 0 Å². The molecule has 1 aliphatic carbocycles. The number of hydrogen-bond donors (Lipinski definition) is 2. The van der Waals surface area contributed by atoms with Crippen LogP contribution in [0.15, 0.2) is 42.5 Å². The lowest BCUT2D eigenvalue weighted by atomic mass is 9.78. The predicted molar refractivity (Wildman–Crippen MR) is 124 cm³/mol. The lowest BCUT2D eigenvalue weighted by Gasteiger charge is -2.32. The van der Waals surface area contributed by atoms with Crippen molar-refractivity contribution in [3.8, 4) is 11.1 Å². The maximum Gasteiger partial charge on any atom is 0.494 e. The Labute approximate surface area is 184 Å². The van der Waals surface area contributed by atoms with E-state index < -0.39 is 0 Å². The number of hydrogen-bond acceptors (Lipinski definition) is 4. The zero-order valence-electron chi connectivity index (χ0n) is 18.7. The summed E-state index contributed by atoms with van der Waals surface area (Å²) in [5.41, 5.74) is 4.90. The maximum absolute atomic E-state index is 6.18. The summed E-state index contributed by atoms with van der Waals surface area (Å²) in [5, 5.41) is 3.74. The summed E-state index contributed by atoms with van der Waals surface area (Å²) in [4.78, 5) is 8.48. The van der Waals surface area contributed by atoms with Crippen LogP contribution in [0.5, 0.6) is 0 Å². The quantitative estimate of drug-likeness (QED) is 0.625. The monoisotopic (exact) mass is 415 g/mol. The van der Waals surface area contributed by atoms with E-state index in [1.165, 1.54) is 30.4 Å². The number of aromatic amines is 1. The van der Waals surface area contributed by atoms with E-state index in [-0.39, 0.29) is 18.3 Å². The van der Waals surface area contributed by atoms with Gasteiger partial charge in [-0.15, -0.1) is 0 Å². The molecule has 3 atom stereocenters. The van der Waals surface area contributed by atoms with Crippen LogP contribution in [0.1, 0.15) is 58.8 Å². The number of benzene rings is 2. The van der Waals surface area contributed by atoms with Gasteiger partial charge in [0.2, 0.25) is 0 Å². The molecule has 2 saturated heterocycles. The minimum atomic E-state index is -0.328. The highest BCUT2D eigenvalue weighted by atomic mass is 16.7. The molecule has 6 heteroatoms. The van der Waals surface area contributed by atoms with Gasteiger partial charge in [0.1, 0.15) is 5.82 Å². The third-order valence-electron chi connectivity index (χ3n) is 7.92. The second-order valence-electron chi connectivity index (χ2n) is 10.5. The molecule has 2 aliphatic heterocycles. The van der Waals surface area contributed by atoms with Gasteiger partial charge in [-0.05, 0) is 81.6 Å². The molecule has 6 rings (SSSR count). The van der Waals surface area contributed by atoms with E-state index >= 15 is 0 Å². The standard InChI is InChI=1S/C25H30BN3O2/c1-24(2)25(3,4)31-26(30-24)18-9-5-15(6-10-18)16-8-12-20-21(14-16)29-23(28-20)22-17-7-11-19(13-17)27-22/h5-6,8-10,12,14,17,19,22,27H,7,11,13H2,1-4H3,(H,28,29). The zero-order chi connectivity index (χ0) is 21.4. The van der Waals surface area contributed by atoms with Crippen LogP contribution in [0.3, 0.4) is 0 Å². The largest absolute Gasteiger partial charge is 0.494 e. The summed E-state index contributed by atoms with van der Waals surface area (Å²) in [6.45, 7) is 8.34. The highest BCUT2D eigenvalue weighted by Crippen LogP contribution is 2.42. The lowest BCUT2D eigenvalue weighted by molar-refractivity contribution is 0.00578. The topological polar surface area (TPSA) is 59.2 Å². The molecule has 1 aromatic heterocycles. The zero-order valence-corrected chi connectivity index (χ0v) is 18.7. The summed E-state index contributed by atoms with van der Waals surface area (Å²) in [6, 6.07) is 16.1. The fourth-order valence-corrected chi connectivity index (χ4v) is 5.33. The third-order valence-corrected chi connectivity index (χ3v) is 7.92. The number of aromatic nitrogens is 2. The van der Waals surface area contributed by atoms with Crippen LogP contribution in [-0.2, 0) is 9.31 Å². The summed E-state index contributed by atoms with van der Waals surface area (Å²) in [6.07, 6.45) is 3.93. The number of rotatable bonds is 3. The minimum Gasteiger partial charge on any atom is -0.399 e. The molecular formula is C25H30BN3O2. The van der Waals surface area contributed by atoms with Gasteiger partial charge in [0.25, 0.3) is 0 Å². The van der Waals surface area contributed by atoms with E-state index in [1.54, 1.807) is 0 Å². The van der Waals surface area contributed by atoms with Gasteiger partial charge >= 0.3 is 7.12 Å². The second-order valence-corrected chi connectivity index (χ2v) is 10.5. The Bertz CT molecular complexity index is 1120. The first-order chi connectivity index (χ1) is 14.8. The average molecular weight is 415 g/mol. The fourth-order valence-electron chi connectivity index (χ4n) is 5.33. The molecule has 2 N–H and O–H groups in total. The van der Waals surface area contributed by atoms with Crippen molar-refractivity contribution in [3.05, 3.63) is 48.3 Å². The molecule has 3 aromatic rings. The molecule has 5 nitrogen and oxygen atoms in total. The van der Waals surface area contributed by atoms with Gasteiger partial charge in [-0.2, -0.15) is 0 Å². The summed E-state index contributed by atoms with van der Waals surface area (Å²) in [5.74, 6) is 1.82. The number of nitrogens with zero attached hydrogens (tertiary/aromatic N) is 1. The Morgan fingerprint density at radius 1 is 0.935 bits per heavy atom. The van der Waals surface area contributed by atoms with Crippen LogP contribution < -0.4 is 10.8 Å². The lowest BCUT2D eigenvalue weighted by Crippen LogP contribution is -2.41. The SMILES string of the molecule is CC1(C)OB(c2ccc(-c3ccc4nc(C5NC6CCC5C6)[nH]c4c3)cc2)OC1(C)C. The summed E-state index contributed by atoms with van der Waals surface area (Å²) < 4.78 is 12.4. The van der Waals surface area contributed by atoms with E-state index in [2.05, 4.69) is 80.5 Å².